The van der Waals surface area contributed by atoms with Crippen molar-refractivity contribution in [1.82, 2.24) is 9.46 Å². The average molecular weight is 412 g/mol. The van der Waals surface area contributed by atoms with Crippen molar-refractivity contribution in [3.8, 4) is 11.4 Å². The van der Waals surface area contributed by atoms with Gasteiger partial charge in [-0.3, -0.25) is 0 Å². The largest absolute Gasteiger partial charge is 0.737 e. The summed E-state index contributed by atoms with van der Waals surface area (Å²) in [5.41, 5.74) is 3.89. The topological polar surface area (TPSA) is 23.7 Å². The van der Waals surface area contributed by atoms with Gasteiger partial charge in [0.25, 0.3) is 0 Å². The van der Waals surface area contributed by atoms with Crippen LogP contribution in [0.15, 0.2) is 77.0 Å². The number of hydrogen-bond acceptors (Lipinski definition) is 0. The quantitative estimate of drug-likeness (QED) is 0.580. The van der Waals surface area contributed by atoms with Crippen molar-refractivity contribution in [2.45, 2.75) is 0 Å². The molecule has 2 aromatic heterocycles. The summed E-state index contributed by atoms with van der Waals surface area (Å²) in [4.78, 5) is 3.04. The van der Waals surface area contributed by atoms with Crippen molar-refractivity contribution in [1.29, 1.82) is 0 Å². The van der Waals surface area contributed by atoms with Gasteiger partial charge in [0.05, 0.1) is 11.3 Å². The smallest absolute Gasteiger partial charge is 0.389 e. The zero-order valence-corrected chi connectivity index (χ0v) is 15.1. The number of nitrogens with zero attached hydrogens (tertiary/aromatic N) is 2. The summed E-state index contributed by atoms with van der Waals surface area (Å²) in [5.74, 6) is 0. The molecule has 0 atom stereocenters. The molecule has 0 saturated carbocycles. The third-order valence-corrected chi connectivity index (χ3v) is 5.39. The highest BCUT2D eigenvalue weighted by atomic mass is 79.9. The van der Waals surface area contributed by atoms with Gasteiger partial charge in [0.2, 0.25) is 0 Å². The molecule has 2 aliphatic heterocycles. The van der Waals surface area contributed by atoms with Crippen LogP contribution in [0, 0.1) is 0 Å². The van der Waals surface area contributed by atoms with E-state index in [0.717, 1.165) is 24.6 Å². The number of halogens is 3. The molecule has 0 radical (unpaired) electrons. The van der Waals surface area contributed by atoms with Crippen LogP contribution >= 0.6 is 15.9 Å². The molecule has 3 nitrogen and oxygen atoms in total. The van der Waals surface area contributed by atoms with Crippen LogP contribution < -0.4 is 0 Å². The molecular formula is C19H13BBrF2N3. The summed E-state index contributed by atoms with van der Waals surface area (Å²) in [7, 11) is 0. The predicted octanol–water partition coefficient (Wildman–Crippen LogP) is 4.89. The van der Waals surface area contributed by atoms with Crippen molar-refractivity contribution >= 4 is 34.7 Å². The van der Waals surface area contributed by atoms with Gasteiger partial charge < -0.3 is 22.6 Å². The van der Waals surface area contributed by atoms with Crippen LogP contribution in [0.4, 0.5) is 8.63 Å². The van der Waals surface area contributed by atoms with Gasteiger partial charge in [-0.25, -0.2) is 0 Å². The predicted molar refractivity (Wildman–Crippen MR) is 103 cm³/mol. The van der Waals surface area contributed by atoms with Gasteiger partial charge in [0, 0.05) is 34.2 Å². The maximum Gasteiger partial charge on any atom is 0.737 e. The number of allylic oxidation sites excluding steroid dienone is 2. The molecule has 1 N–H and O–H groups in total. The van der Waals surface area contributed by atoms with Crippen LogP contribution in [0.3, 0.4) is 0 Å². The second-order valence-corrected chi connectivity index (χ2v) is 7.24. The van der Waals surface area contributed by atoms with E-state index in [2.05, 4.69) is 20.9 Å². The van der Waals surface area contributed by atoms with Crippen LogP contribution in [0.25, 0.3) is 17.0 Å². The number of rotatable bonds is 2. The number of aromatic amines is 1. The Morgan fingerprint density at radius 3 is 2.50 bits per heavy atom. The van der Waals surface area contributed by atoms with Crippen molar-refractivity contribution in [2.24, 2.45) is 0 Å². The Morgan fingerprint density at radius 1 is 1.00 bits per heavy atom. The highest BCUT2D eigenvalue weighted by Gasteiger charge is 2.52. The fourth-order valence-corrected chi connectivity index (χ4v) is 4.00. The van der Waals surface area contributed by atoms with E-state index in [-0.39, 0.29) is 0 Å². The van der Waals surface area contributed by atoms with E-state index in [4.69, 9.17) is 0 Å². The first-order valence-corrected chi connectivity index (χ1v) is 9.05. The highest BCUT2D eigenvalue weighted by molar-refractivity contribution is 9.10. The first kappa shape index (κ1) is 15.6. The maximum atomic E-state index is 15.4. The van der Waals surface area contributed by atoms with E-state index in [9.17, 15) is 0 Å². The van der Waals surface area contributed by atoms with Gasteiger partial charge in [-0.1, -0.05) is 28.1 Å². The molecule has 0 bridgehead atoms. The molecule has 1 aromatic carbocycles. The lowest BCUT2D eigenvalue weighted by Crippen LogP contribution is -2.49. The van der Waals surface area contributed by atoms with E-state index >= 15 is 8.63 Å². The molecule has 0 unspecified atom stereocenters. The monoisotopic (exact) mass is 411 g/mol. The van der Waals surface area contributed by atoms with Gasteiger partial charge in [-0.05, 0) is 42.0 Å². The zero-order chi connectivity index (χ0) is 17.9. The van der Waals surface area contributed by atoms with Crippen LogP contribution in [-0.4, -0.2) is 27.1 Å². The van der Waals surface area contributed by atoms with E-state index < -0.39 is 6.97 Å². The molecule has 0 fully saturated rings. The van der Waals surface area contributed by atoms with Crippen molar-refractivity contribution < 1.29 is 13.1 Å². The molecule has 0 saturated heterocycles. The third-order valence-electron chi connectivity index (χ3n) is 4.86. The zero-order valence-electron chi connectivity index (χ0n) is 13.5. The number of fused-ring (bicyclic) bond motifs is 2. The van der Waals surface area contributed by atoms with E-state index in [0.29, 0.717) is 22.8 Å². The molecule has 7 heteroatoms. The summed E-state index contributed by atoms with van der Waals surface area (Å²) in [6, 6.07) is 14.9. The second kappa shape index (κ2) is 5.41. The van der Waals surface area contributed by atoms with Gasteiger partial charge in [0.1, 0.15) is 6.21 Å². The molecule has 0 amide bonds. The Bertz CT molecular complexity index is 1110. The number of nitrogens with one attached hydrogen (secondary N) is 1. The molecule has 5 rings (SSSR count). The molecule has 2 aliphatic rings. The minimum atomic E-state index is -3.98. The van der Waals surface area contributed by atoms with Crippen molar-refractivity contribution in [2.75, 3.05) is 0 Å². The molecule has 3 aromatic rings. The molecule has 26 heavy (non-hydrogen) atoms. The Kier molecular flexibility index (Phi) is 3.24. The van der Waals surface area contributed by atoms with Crippen LogP contribution in [-0.2, 0) is 0 Å². The summed E-state index contributed by atoms with van der Waals surface area (Å²) in [6.07, 6.45) is 6.61. The minimum absolute atomic E-state index is 0.476. The lowest BCUT2D eigenvalue weighted by Gasteiger charge is -2.32. The van der Waals surface area contributed by atoms with Gasteiger partial charge >= 0.3 is 6.97 Å². The Hall–Kier alpha value is -2.67. The first-order valence-electron chi connectivity index (χ1n) is 8.25. The fraction of sp³-hybridized carbons (Fsp3) is 0. The summed E-state index contributed by atoms with van der Waals surface area (Å²) in [5, 5.41) is 0. The molecule has 0 spiro atoms. The third kappa shape index (κ3) is 2.07. The summed E-state index contributed by atoms with van der Waals surface area (Å²) < 4.78 is 34.0. The van der Waals surface area contributed by atoms with Gasteiger partial charge in [-0.2, -0.15) is 0 Å². The van der Waals surface area contributed by atoms with Gasteiger partial charge in [0.15, 0.2) is 5.70 Å². The van der Waals surface area contributed by atoms with Crippen LogP contribution in [0.1, 0.15) is 11.3 Å². The molecule has 128 valence electrons. The van der Waals surface area contributed by atoms with Crippen molar-refractivity contribution in [3.63, 3.8) is 0 Å². The average Bonchev–Trinajstić information content (AvgIpc) is 3.37. The molecule has 0 aliphatic carbocycles. The normalized spacial score (nSPS) is 17.3. The molecule has 4 heterocycles. The number of aromatic nitrogens is 2. The van der Waals surface area contributed by atoms with E-state index in [1.807, 2.05) is 30.3 Å². The fourth-order valence-electron chi connectivity index (χ4n) is 3.74. The second-order valence-electron chi connectivity index (χ2n) is 6.33. The van der Waals surface area contributed by atoms with Crippen LogP contribution in [0.2, 0.25) is 0 Å². The Balaban J connectivity index is 1.83. The maximum absolute atomic E-state index is 15.4. The Morgan fingerprint density at radius 2 is 1.77 bits per heavy atom. The minimum Gasteiger partial charge on any atom is -0.389 e. The highest BCUT2D eigenvalue weighted by Crippen LogP contribution is 2.41. The number of H-pyrrole nitrogens is 1. The van der Waals surface area contributed by atoms with Crippen LogP contribution in [0.5, 0.6) is 0 Å². The lowest BCUT2D eigenvalue weighted by atomic mass is 9.86. The molecular weight excluding hydrogens is 399 g/mol. The SMILES string of the molecule is F[B-]1(F)n2c(ccc2-c2ccc[nH]2)C(c2ccc(Br)cc2)=C2C=CC=[N+]21. The van der Waals surface area contributed by atoms with Gasteiger partial charge in [-0.15, -0.1) is 0 Å². The van der Waals surface area contributed by atoms with Crippen molar-refractivity contribution in [3.05, 3.63) is 88.3 Å². The Labute approximate surface area is 157 Å². The standard InChI is InChI=1S/C19H13BBrF2N3/c21-14-7-5-13(6-8-14)19-17-4-2-12-25(17)20(22,23)26-16(9-10-18(19)26)15-3-1-11-24-15/h1-12,24H. The van der Waals surface area contributed by atoms with E-state index in [1.54, 1.807) is 36.5 Å². The summed E-state index contributed by atoms with van der Waals surface area (Å²) >= 11 is 3.43. The number of hydrogen-bond donors (Lipinski definition) is 1. The van der Waals surface area contributed by atoms with E-state index in [1.165, 1.54) is 6.21 Å². The number of benzene rings is 1. The first-order chi connectivity index (χ1) is 12.6. The lowest BCUT2D eigenvalue weighted by molar-refractivity contribution is -0.356. The summed E-state index contributed by atoms with van der Waals surface area (Å²) in [6.45, 7) is -3.98.